The SMILES string of the molecule is Cc1ccc(NC(=O)c2sc3ncnc(N4CCC(C)CC4)c3c2C)c(F)c1. The summed E-state index contributed by atoms with van der Waals surface area (Å²) in [5, 5.41) is 3.62. The van der Waals surface area contributed by atoms with Crippen molar-refractivity contribution in [2.45, 2.75) is 33.6 Å². The maximum Gasteiger partial charge on any atom is 0.266 e. The van der Waals surface area contributed by atoms with Gasteiger partial charge in [-0.2, -0.15) is 0 Å². The van der Waals surface area contributed by atoms with Crippen LogP contribution in [0.1, 0.15) is 40.6 Å². The third kappa shape index (κ3) is 3.46. The van der Waals surface area contributed by atoms with E-state index in [4.69, 9.17) is 0 Å². The zero-order valence-corrected chi connectivity index (χ0v) is 17.1. The average molecular weight is 399 g/mol. The van der Waals surface area contributed by atoms with Gasteiger partial charge in [0.05, 0.1) is 16.0 Å². The van der Waals surface area contributed by atoms with Crippen LogP contribution in [-0.2, 0) is 0 Å². The van der Waals surface area contributed by atoms with E-state index in [2.05, 4.69) is 27.1 Å². The van der Waals surface area contributed by atoms with Gasteiger partial charge in [0.1, 0.15) is 22.8 Å². The number of piperidine rings is 1. The standard InChI is InChI=1S/C21H23FN4OS/c1-12-6-8-26(9-7-12)19-17-14(3)18(28-21(17)24-11-23-19)20(27)25-16-5-4-13(2)10-15(16)22/h4-5,10-12H,6-9H2,1-3H3,(H,25,27). The first kappa shape index (κ1) is 18.8. The lowest BCUT2D eigenvalue weighted by Gasteiger charge is -2.31. The number of aryl methyl sites for hydroxylation is 2. The molecule has 3 heterocycles. The van der Waals surface area contributed by atoms with E-state index in [1.54, 1.807) is 18.5 Å². The fourth-order valence-corrected chi connectivity index (χ4v) is 4.67. The number of nitrogens with one attached hydrogen (secondary N) is 1. The molecule has 1 aliphatic heterocycles. The lowest BCUT2D eigenvalue weighted by atomic mass is 9.99. The summed E-state index contributed by atoms with van der Waals surface area (Å²) in [6.45, 7) is 7.91. The Balaban J connectivity index is 1.68. The number of aromatic nitrogens is 2. The second-order valence-electron chi connectivity index (χ2n) is 7.54. The van der Waals surface area contributed by atoms with E-state index in [-0.39, 0.29) is 11.6 Å². The van der Waals surface area contributed by atoms with Crippen LogP contribution in [0.4, 0.5) is 15.9 Å². The van der Waals surface area contributed by atoms with E-state index in [9.17, 15) is 9.18 Å². The average Bonchev–Trinajstić information content (AvgIpc) is 3.02. The molecule has 0 saturated carbocycles. The van der Waals surface area contributed by atoms with Crippen molar-refractivity contribution in [1.29, 1.82) is 0 Å². The Bertz CT molecular complexity index is 1040. The topological polar surface area (TPSA) is 58.1 Å². The number of fused-ring (bicyclic) bond motifs is 1. The highest BCUT2D eigenvalue weighted by atomic mass is 32.1. The fraction of sp³-hybridized carbons (Fsp3) is 0.381. The minimum atomic E-state index is -0.435. The van der Waals surface area contributed by atoms with Crippen LogP contribution in [-0.4, -0.2) is 29.0 Å². The Morgan fingerprint density at radius 2 is 2.00 bits per heavy atom. The number of benzene rings is 1. The van der Waals surface area contributed by atoms with E-state index >= 15 is 0 Å². The molecule has 1 N–H and O–H groups in total. The molecular formula is C21H23FN4OS. The second-order valence-corrected chi connectivity index (χ2v) is 8.54. The number of carbonyl (C=O) groups excluding carboxylic acids is 1. The minimum absolute atomic E-state index is 0.184. The number of nitrogens with zero attached hydrogens (tertiary/aromatic N) is 3. The first-order valence-corrected chi connectivity index (χ1v) is 10.3. The zero-order valence-electron chi connectivity index (χ0n) is 16.3. The molecule has 1 aromatic carbocycles. The maximum atomic E-state index is 14.1. The summed E-state index contributed by atoms with van der Waals surface area (Å²) in [7, 11) is 0. The number of hydrogen-bond donors (Lipinski definition) is 1. The zero-order chi connectivity index (χ0) is 19.8. The highest BCUT2D eigenvalue weighted by molar-refractivity contribution is 7.20. The van der Waals surface area contributed by atoms with E-state index in [0.717, 1.165) is 59.0 Å². The minimum Gasteiger partial charge on any atom is -0.356 e. The van der Waals surface area contributed by atoms with Crippen molar-refractivity contribution < 1.29 is 9.18 Å². The van der Waals surface area contributed by atoms with Gasteiger partial charge in [0.15, 0.2) is 0 Å². The molecule has 5 nitrogen and oxygen atoms in total. The van der Waals surface area contributed by atoms with Crippen LogP contribution in [0.2, 0.25) is 0 Å². The Morgan fingerprint density at radius 1 is 1.25 bits per heavy atom. The van der Waals surface area contributed by atoms with E-state index in [1.807, 2.05) is 13.8 Å². The molecule has 2 aromatic heterocycles. The molecule has 0 aliphatic carbocycles. The van der Waals surface area contributed by atoms with Crippen molar-refractivity contribution in [2.75, 3.05) is 23.3 Å². The van der Waals surface area contributed by atoms with Crippen LogP contribution in [0.5, 0.6) is 0 Å². The Labute approximate surface area is 167 Å². The van der Waals surface area contributed by atoms with Crippen molar-refractivity contribution in [2.24, 2.45) is 5.92 Å². The van der Waals surface area contributed by atoms with Gasteiger partial charge in [0.2, 0.25) is 0 Å². The number of amides is 1. The van der Waals surface area contributed by atoms with Crippen molar-refractivity contribution in [1.82, 2.24) is 9.97 Å². The van der Waals surface area contributed by atoms with Crippen LogP contribution in [0, 0.1) is 25.6 Å². The van der Waals surface area contributed by atoms with Gasteiger partial charge in [-0.05, 0) is 55.9 Å². The fourth-order valence-electron chi connectivity index (χ4n) is 3.63. The molecular weight excluding hydrogens is 375 g/mol. The van der Waals surface area contributed by atoms with Crippen LogP contribution in [0.25, 0.3) is 10.2 Å². The summed E-state index contributed by atoms with van der Waals surface area (Å²) < 4.78 is 14.1. The van der Waals surface area contributed by atoms with Gasteiger partial charge < -0.3 is 10.2 Å². The molecule has 0 spiro atoms. The van der Waals surface area contributed by atoms with E-state index in [0.29, 0.717) is 4.88 Å². The third-order valence-electron chi connectivity index (χ3n) is 5.37. The van der Waals surface area contributed by atoms with Gasteiger partial charge in [-0.3, -0.25) is 4.79 Å². The van der Waals surface area contributed by atoms with Crippen LogP contribution in [0.3, 0.4) is 0 Å². The van der Waals surface area contributed by atoms with Crippen LogP contribution >= 0.6 is 11.3 Å². The summed E-state index contributed by atoms with van der Waals surface area (Å²) in [6, 6.07) is 4.77. The Morgan fingerprint density at radius 3 is 2.71 bits per heavy atom. The predicted octanol–water partition coefficient (Wildman–Crippen LogP) is 4.94. The largest absolute Gasteiger partial charge is 0.356 e. The molecule has 28 heavy (non-hydrogen) atoms. The Kier molecular flexibility index (Phi) is 5.02. The predicted molar refractivity (Wildman–Crippen MR) is 112 cm³/mol. The number of carbonyl (C=O) groups is 1. The van der Waals surface area contributed by atoms with Gasteiger partial charge in [0, 0.05) is 13.1 Å². The quantitative estimate of drug-likeness (QED) is 0.679. The van der Waals surface area contributed by atoms with E-state index < -0.39 is 5.82 Å². The number of hydrogen-bond acceptors (Lipinski definition) is 5. The molecule has 1 saturated heterocycles. The van der Waals surface area contributed by atoms with Crippen LogP contribution in [0.15, 0.2) is 24.5 Å². The molecule has 0 radical (unpaired) electrons. The monoisotopic (exact) mass is 398 g/mol. The summed E-state index contributed by atoms with van der Waals surface area (Å²) in [5.74, 6) is 0.866. The molecule has 0 bridgehead atoms. The van der Waals surface area contributed by atoms with E-state index in [1.165, 1.54) is 17.4 Å². The smallest absolute Gasteiger partial charge is 0.266 e. The molecule has 146 valence electrons. The first-order chi connectivity index (χ1) is 13.4. The third-order valence-corrected chi connectivity index (χ3v) is 6.57. The van der Waals surface area contributed by atoms with Gasteiger partial charge in [-0.25, -0.2) is 14.4 Å². The van der Waals surface area contributed by atoms with Crippen molar-refractivity contribution in [3.63, 3.8) is 0 Å². The molecule has 0 unspecified atom stereocenters. The summed E-state index contributed by atoms with van der Waals surface area (Å²) in [6.07, 6.45) is 3.83. The number of anilines is 2. The number of rotatable bonds is 3. The van der Waals surface area contributed by atoms with Gasteiger partial charge >= 0.3 is 0 Å². The van der Waals surface area contributed by atoms with Gasteiger partial charge in [0.25, 0.3) is 5.91 Å². The molecule has 3 aromatic rings. The molecule has 1 fully saturated rings. The van der Waals surface area contributed by atoms with Crippen LogP contribution < -0.4 is 10.2 Å². The lowest BCUT2D eigenvalue weighted by Crippen LogP contribution is -2.33. The molecule has 4 rings (SSSR count). The lowest BCUT2D eigenvalue weighted by molar-refractivity contribution is 0.102. The summed E-state index contributed by atoms with van der Waals surface area (Å²) in [5.41, 5.74) is 1.84. The number of halogens is 1. The summed E-state index contributed by atoms with van der Waals surface area (Å²) >= 11 is 1.33. The van der Waals surface area contributed by atoms with Crippen molar-refractivity contribution in [3.05, 3.63) is 46.3 Å². The van der Waals surface area contributed by atoms with Gasteiger partial charge in [-0.15, -0.1) is 11.3 Å². The van der Waals surface area contributed by atoms with Crippen molar-refractivity contribution >= 4 is 39.0 Å². The number of thiophene rings is 1. The maximum absolute atomic E-state index is 14.1. The first-order valence-electron chi connectivity index (χ1n) is 9.50. The van der Waals surface area contributed by atoms with Crippen molar-refractivity contribution in [3.8, 4) is 0 Å². The molecule has 1 amide bonds. The van der Waals surface area contributed by atoms with Gasteiger partial charge in [-0.1, -0.05) is 13.0 Å². The molecule has 7 heteroatoms. The normalized spacial score (nSPS) is 15.2. The Hall–Kier alpha value is -2.54. The second kappa shape index (κ2) is 7.47. The molecule has 1 aliphatic rings. The highest BCUT2D eigenvalue weighted by Gasteiger charge is 2.24. The summed E-state index contributed by atoms with van der Waals surface area (Å²) in [4.78, 5) is 25.4. The molecule has 0 atom stereocenters. The highest BCUT2D eigenvalue weighted by Crippen LogP contribution is 2.36.